The van der Waals surface area contributed by atoms with Crippen LogP contribution in [0.3, 0.4) is 0 Å². The molecule has 0 spiro atoms. The number of rotatable bonds is 3. The number of nitrogen functional groups attached to an aromatic ring is 1. The van der Waals surface area contributed by atoms with Crippen LogP contribution in [-0.2, 0) is 15.7 Å². The number of nitrogens with two attached hydrogens (primary N) is 1. The zero-order chi connectivity index (χ0) is 21.3. The largest absolute Gasteiger partial charge is 0.417 e. The summed E-state index contributed by atoms with van der Waals surface area (Å²) in [5, 5.41) is 0. The number of halogens is 3. The number of aromatic nitrogens is 4. The van der Waals surface area contributed by atoms with E-state index in [1.54, 1.807) is 0 Å². The fraction of sp³-hybridized carbons (Fsp3) is 0.556. The van der Waals surface area contributed by atoms with Gasteiger partial charge in [-0.25, -0.2) is 4.98 Å². The Bertz CT molecular complexity index is 906. The molecule has 0 aromatic carbocycles. The van der Waals surface area contributed by atoms with Crippen LogP contribution in [0, 0.1) is 0 Å². The Labute approximate surface area is 171 Å². The second kappa shape index (κ2) is 8.19. The van der Waals surface area contributed by atoms with Crippen molar-refractivity contribution in [3.63, 3.8) is 0 Å². The molecule has 0 bridgehead atoms. The van der Waals surface area contributed by atoms with Crippen molar-refractivity contribution in [2.24, 2.45) is 0 Å². The number of alkyl halides is 3. The third kappa shape index (κ3) is 4.38. The first-order chi connectivity index (χ1) is 14.3. The highest BCUT2D eigenvalue weighted by Crippen LogP contribution is 2.37. The number of pyridine rings is 1. The molecule has 9 nitrogen and oxygen atoms in total. The van der Waals surface area contributed by atoms with E-state index in [1.807, 2.05) is 16.7 Å². The first-order valence-corrected chi connectivity index (χ1v) is 9.59. The molecule has 2 N–H and O–H groups in total. The fourth-order valence-electron chi connectivity index (χ4n) is 3.40. The number of ether oxygens (including phenoxy) is 2. The molecule has 162 valence electrons. The zero-order valence-electron chi connectivity index (χ0n) is 16.4. The minimum Gasteiger partial charge on any atom is -0.384 e. The van der Waals surface area contributed by atoms with Crippen molar-refractivity contribution < 1.29 is 22.6 Å². The van der Waals surface area contributed by atoms with Gasteiger partial charge in [0.1, 0.15) is 5.82 Å². The average molecular weight is 425 g/mol. The predicted octanol–water partition coefficient (Wildman–Crippen LogP) is 1.60. The van der Waals surface area contributed by atoms with E-state index in [0.29, 0.717) is 57.9 Å². The standard InChI is InChI=1S/C18H22F3N7O2/c1-11-10-28(4-7-30-11)17-25-15(24-16(26-17)27-2-5-29-6-3-27)12-9-23-14(22)8-13(12)18(19,20)21/h8-9,11H,2-7,10H2,1H3,(H2,22,23)/t11-/m1/s1. The van der Waals surface area contributed by atoms with Crippen LogP contribution >= 0.6 is 0 Å². The van der Waals surface area contributed by atoms with E-state index in [0.717, 1.165) is 12.3 Å². The van der Waals surface area contributed by atoms with Crippen LogP contribution < -0.4 is 15.5 Å². The van der Waals surface area contributed by atoms with E-state index in [1.165, 1.54) is 0 Å². The van der Waals surface area contributed by atoms with Gasteiger partial charge in [0.25, 0.3) is 0 Å². The summed E-state index contributed by atoms with van der Waals surface area (Å²) in [4.78, 5) is 20.9. The smallest absolute Gasteiger partial charge is 0.384 e. The van der Waals surface area contributed by atoms with E-state index >= 15 is 0 Å². The molecule has 4 rings (SSSR count). The Hall–Kier alpha value is -2.73. The van der Waals surface area contributed by atoms with Crippen LogP contribution in [0.2, 0.25) is 0 Å². The molecule has 1 atom stereocenters. The van der Waals surface area contributed by atoms with Gasteiger partial charge < -0.3 is 25.0 Å². The molecule has 30 heavy (non-hydrogen) atoms. The molecule has 2 aromatic rings. The Morgan fingerprint density at radius 1 is 1.03 bits per heavy atom. The van der Waals surface area contributed by atoms with Gasteiger partial charge in [0.05, 0.1) is 37.1 Å². The highest BCUT2D eigenvalue weighted by Gasteiger charge is 2.36. The second-order valence-corrected chi connectivity index (χ2v) is 7.14. The SMILES string of the molecule is C[C@@H]1CN(c2nc(-c3cnc(N)cc3C(F)(F)F)nc(N3CCOCC3)n2)CCO1. The summed E-state index contributed by atoms with van der Waals surface area (Å²) in [5.74, 6) is 0.292. The van der Waals surface area contributed by atoms with Crippen LogP contribution in [0.1, 0.15) is 12.5 Å². The number of nitrogens with zero attached hydrogens (tertiary/aromatic N) is 6. The number of morpholine rings is 2. The number of hydrogen-bond donors (Lipinski definition) is 1. The Kier molecular flexibility index (Phi) is 5.60. The fourth-order valence-corrected chi connectivity index (χ4v) is 3.40. The Morgan fingerprint density at radius 3 is 2.37 bits per heavy atom. The monoisotopic (exact) mass is 425 g/mol. The van der Waals surface area contributed by atoms with Crippen molar-refractivity contribution in [1.29, 1.82) is 0 Å². The van der Waals surface area contributed by atoms with Gasteiger partial charge >= 0.3 is 6.18 Å². The lowest BCUT2D eigenvalue weighted by molar-refractivity contribution is -0.137. The molecule has 2 aliphatic heterocycles. The summed E-state index contributed by atoms with van der Waals surface area (Å²) in [5.41, 5.74) is 4.33. The highest BCUT2D eigenvalue weighted by molar-refractivity contribution is 5.64. The molecule has 2 fully saturated rings. The lowest BCUT2D eigenvalue weighted by atomic mass is 10.1. The average Bonchev–Trinajstić information content (AvgIpc) is 2.73. The minimum absolute atomic E-state index is 0.0465. The summed E-state index contributed by atoms with van der Waals surface area (Å²) < 4.78 is 51.9. The van der Waals surface area contributed by atoms with Crippen molar-refractivity contribution in [3.05, 3.63) is 17.8 Å². The van der Waals surface area contributed by atoms with Crippen LogP contribution in [0.15, 0.2) is 12.3 Å². The second-order valence-electron chi connectivity index (χ2n) is 7.14. The minimum atomic E-state index is -4.63. The molecule has 0 aliphatic carbocycles. The van der Waals surface area contributed by atoms with Gasteiger partial charge in [-0.05, 0) is 13.0 Å². The van der Waals surface area contributed by atoms with E-state index in [-0.39, 0.29) is 23.3 Å². The zero-order valence-corrected chi connectivity index (χ0v) is 16.4. The van der Waals surface area contributed by atoms with E-state index in [4.69, 9.17) is 15.2 Å². The van der Waals surface area contributed by atoms with Gasteiger partial charge in [-0.2, -0.15) is 28.1 Å². The molecule has 0 amide bonds. The van der Waals surface area contributed by atoms with Crippen molar-refractivity contribution in [1.82, 2.24) is 19.9 Å². The van der Waals surface area contributed by atoms with Crippen LogP contribution in [-0.4, -0.2) is 72.0 Å². The van der Waals surface area contributed by atoms with Gasteiger partial charge in [0.2, 0.25) is 11.9 Å². The van der Waals surface area contributed by atoms with Crippen molar-refractivity contribution >= 4 is 17.7 Å². The first-order valence-electron chi connectivity index (χ1n) is 9.59. The molecule has 4 heterocycles. The summed E-state index contributed by atoms with van der Waals surface area (Å²) >= 11 is 0. The molecule has 2 aromatic heterocycles. The summed E-state index contributed by atoms with van der Waals surface area (Å²) in [6.07, 6.45) is -3.62. The molecule has 12 heteroatoms. The quantitative estimate of drug-likeness (QED) is 0.785. The van der Waals surface area contributed by atoms with Crippen molar-refractivity contribution in [2.45, 2.75) is 19.2 Å². The van der Waals surface area contributed by atoms with E-state index < -0.39 is 11.7 Å². The van der Waals surface area contributed by atoms with Crippen LogP contribution in [0.5, 0.6) is 0 Å². The molecule has 0 radical (unpaired) electrons. The van der Waals surface area contributed by atoms with Crippen LogP contribution in [0.4, 0.5) is 30.9 Å². The van der Waals surface area contributed by atoms with Gasteiger partial charge in [-0.15, -0.1) is 0 Å². The maximum atomic E-state index is 13.7. The topological polar surface area (TPSA) is 103 Å². The normalized spacial score (nSPS) is 20.5. The molecular formula is C18H22F3N7O2. The predicted molar refractivity (Wildman–Crippen MR) is 103 cm³/mol. The Morgan fingerprint density at radius 2 is 1.70 bits per heavy atom. The number of hydrogen-bond acceptors (Lipinski definition) is 9. The lowest BCUT2D eigenvalue weighted by Crippen LogP contribution is -2.43. The summed E-state index contributed by atoms with van der Waals surface area (Å²) in [6.45, 7) is 5.50. The van der Waals surface area contributed by atoms with E-state index in [9.17, 15) is 13.2 Å². The molecule has 2 saturated heterocycles. The maximum absolute atomic E-state index is 13.7. The Balaban J connectivity index is 1.82. The van der Waals surface area contributed by atoms with Gasteiger partial charge in [-0.1, -0.05) is 0 Å². The molecule has 0 unspecified atom stereocenters. The van der Waals surface area contributed by atoms with Gasteiger partial charge in [0.15, 0.2) is 5.82 Å². The molecule has 0 saturated carbocycles. The lowest BCUT2D eigenvalue weighted by Gasteiger charge is -2.32. The van der Waals surface area contributed by atoms with E-state index in [2.05, 4.69) is 19.9 Å². The highest BCUT2D eigenvalue weighted by atomic mass is 19.4. The van der Waals surface area contributed by atoms with Gasteiger partial charge in [-0.3, -0.25) is 0 Å². The molecule has 2 aliphatic rings. The van der Waals surface area contributed by atoms with Crippen molar-refractivity contribution in [2.75, 3.05) is 61.5 Å². The van der Waals surface area contributed by atoms with Gasteiger partial charge in [0, 0.05) is 32.4 Å². The van der Waals surface area contributed by atoms with Crippen molar-refractivity contribution in [3.8, 4) is 11.4 Å². The summed E-state index contributed by atoms with van der Waals surface area (Å²) in [6, 6.07) is 0.796. The first kappa shape index (κ1) is 20.5. The number of anilines is 3. The maximum Gasteiger partial charge on any atom is 0.417 e. The third-order valence-electron chi connectivity index (χ3n) is 4.90. The van der Waals surface area contributed by atoms with Crippen LogP contribution in [0.25, 0.3) is 11.4 Å². The summed E-state index contributed by atoms with van der Waals surface area (Å²) in [7, 11) is 0. The molecular weight excluding hydrogens is 403 g/mol. The third-order valence-corrected chi connectivity index (χ3v) is 4.90.